The van der Waals surface area contributed by atoms with Crippen molar-refractivity contribution >= 4 is 46.8 Å². The Morgan fingerprint density at radius 3 is 2.48 bits per heavy atom. The highest BCUT2D eigenvalue weighted by atomic mass is 35.5. The van der Waals surface area contributed by atoms with Crippen molar-refractivity contribution in [3.63, 3.8) is 0 Å². The molecule has 1 aliphatic carbocycles. The summed E-state index contributed by atoms with van der Waals surface area (Å²) in [4.78, 5) is 23.3. The van der Waals surface area contributed by atoms with Gasteiger partial charge in [-0.25, -0.2) is 4.79 Å². The summed E-state index contributed by atoms with van der Waals surface area (Å²) in [6.07, 6.45) is 2.74. The molecule has 138 valence electrons. The number of urea groups is 1. The minimum atomic E-state index is -1.11. The zero-order chi connectivity index (χ0) is 18.6. The zero-order valence-corrected chi connectivity index (χ0v) is 16.1. The van der Waals surface area contributed by atoms with Gasteiger partial charge in [-0.05, 0) is 44.2 Å². The molecule has 8 heteroatoms. The van der Waals surface area contributed by atoms with Gasteiger partial charge in [0.2, 0.25) is 0 Å². The van der Waals surface area contributed by atoms with Crippen LogP contribution in [0, 0.1) is 5.92 Å². The fourth-order valence-corrected chi connectivity index (χ4v) is 4.12. The van der Waals surface area contributed by atoms with Crippen LogP contribution in [0.25, 0.3) is 0 Å². The van der Waals surface area contributed by atoms with Crippen LogP contribution in [0.3, 0.4) is 0 Å². The highest BCUT2D eigenvalue weighted by molar-refractivity contribution is 6.36. The number of hydrogen-bond acceptors (Lipinski definition) is 2. The molecule has 5 nitrogen and oxygen atoms in total. The second-order valence-electron chi connectivity index (χ2n) is 6.64. The topological polar surface area (TPSA) is 78.4 Å². The number of carboxylic acids is 1. The summed E-state index contributed by atoms with van der Waals surface area (Å²) in [7, 11) is 0. The quantitative estimate of drug-likeness (QED) is 0.617. The average Bonchev–Trinajstić information content (AvgIpc) is 2.87. The van der Waals surface area contributed by atoms with Crippen molar-refractivity contribution in [3.05, 3.63) is 33.8 Å². The summed E-state index contributed by atoms with van der Waals surface area (Å²) in [5.74, 6) is -1.80. The summed E-state index contributed by atoms with van der Waals surface area (Å²) in [5, 5.41) is 15.3. The van der Waals surface area contributed by atoms with Crippen molar-refractivity contribution in [3.8, 4) is 0 Å². The van der Waals surface area contributed by atoms with E-state index in [1.807, 2.05) is 6.92 Å². The molecule has 3 N–H and O–H groups in total. The molecular weight excluding hydrogens is 387 g/mol. The molecule has 2 rings (SSSR count). The Labute approximate surface area is 162 Å². The SMILES string of the molecule is CC1(Cl)CCC(CNC(=O)NCC(C(=O)O)c2c(Cl)cccc2Cl)C1. The highest BCUT2D eigenvalue weighted by Crippen LogP contribution is 2.38. The van der Waals surface area contributed by atoms with Gasteiger partial charge in [0.05, 0.1) is 0 Å². The van der Waals surface area contributed by atoms with Crippen molar-refractivity contribution in [2.75, 3.05) is 13.1 Å². The third-order valence-electron chi connectivity index (χ3n) is 4.45. The van der Waals surface area contributed by atoms with Crippen LogP contribution in [0.1, 0.15) is 37.7 Å². The lowest BCUT2D eigenvalue weighted by Gasteiger charge is -2.18. The second-order valence-corrected chi connectivity index (χ2v) is 8.37. The molecule has 0 spiro atoms. The predicted octanol–water partition coefficient (Wildman–Crippen LogP) is 4.26. The molecule has 3 atom stereocenters. The van der Waals surface area contributed by atoms with Crippen molar-refractivity contribution in [1.29, 1.82) is 0 Å². The van der Waals surface area contributed by atoms with E-state index < -0.39 is 17.9 Å². The van der Waals surface area contributed by atoms with Crippen LogP contribution in [0.4, 0.5) is 4.79 Å². The fourth-order valence-electron chi connectivity index (χ4n) is 3.14. The van der Waals surface area contributed by atoms with E-state index in [1.54, 1.807) is 18.2 Å². The highest BCUT2D eigenvalue weighted by Gasteiger charge is 2.33. The van der Waals surface area contributed by atoms with Crippen LogP contribution < -0.4 is 10.6 Å². The average molecular weight is 408 g/mol. The number of carbonyl (C=O) groups excluding carboxylic acids is 1. The van der Waals surface area contributed by atoms with E-state index in [4.69, 9.17) is 34.8 Å². The van der Waals surface area contributed by atoms with E-state index in [2.05, 4.69) is 10.6 Å². The smallest absolute Gasteiger partial charge is 0.314 e. The van der Waals surface area contributed by atoms with E-state index in [1.165, 1.54) is 0 Å². The number of benzene rings is 1. The number of nitrogens with one attached hydrogen (secondary N) is 2. The Bertz CT molecular complexity index is 632. The van der Waals surface area contributed by atoms with Gasteiger partial charge in [-0.1, -0.05) is 29.3 Å². The lowest BCUT2D eigenvalue weighted by Crippen LogP contribution is -2.41. The summed E-state index contributed by atoms with van der Waals surface area (Å²) in [5.41, 5.74) is 0.298. The Morgan fingerprint density at radius 2 is 1.96 bits per heavy atom. The maximum absolute atomic E-state index is 12.0. The van der Waals surface area contributed by atoms with E-state index in [-0.39, 0.29) is 21.5 Å². The lowest BCUT2D eigenvalue weighted by atomic mass is 9.99. The van der Waals surface area contributed by atoms with Gasteiger partial charge in [-0.3, -0.25) is 4.79 Å². The molecule has 0 heterocycles. The van der Waals surface area contributed by atoms with Crippen LogP contribution in [-0.2, 0) is 4.79 Å². The number of halogens is 3. The molecule has 1 aliphatic rings. The van der Waals surface area contributed by atoms with Crippen molar-refractivity contribution in [1.82, 2.24) is 10.6 Å². The molecular formula is C17H21Cl3N2O3. The van der Waals surface area contributed by atoms with Gasteiger partial charge < -0.3 is 15.7 Å². The second kappa shape index (κ2) is 8.47. The number of carboxylic acid groups (broad SMARTS) is 1. The standard InChI is InChI=1S/C17H21Cl3N2O3/c1-17(20)6-5-10(7-17)8-21-16(25)22-9-11(15(23)24)14-12(18)3-2-4-13(14)19/h2-4,10-11H,5-9H2,1H3,(H,23,24)(H2,21,22,25). The third kappa shape index (κ3) is 5.66. The number of rotatable bonds is 6. The van der Waals surface area contributed by atoms with Crippen LogP contribution in [-0.4, -0.2) is 35.1 Å². The molecule has 0 saturated heterocycles. The molecule has 0 aromatic heterocycles. The Kier molecular flexibility index (Phi) is 6.83. The molecule has 1 aromatic rings. The Morgan fingerprint density at radius 1 is 1.32 bits per heavy atom. The van der Waals surface area contributed by atoms with E-state index in [9.17, 15) is 14.7 Å². The first-order valence-electron chi connectivity index (χ1n) is 8.07. The van der Waals surface area contributed by atoms with Crippen LogP contribution in [0.15, 0.2) is 18.2 Å². The summed E-state index contributed by atoms with van der Waals surface area (Å²) in [6, 6.07) is 4.36. The fraction of sp³-hybridized carbons (Fsp3) is 0.529. The van der Waals surface area contributed by atoms with Gasteiger partial charge >= 0.3 is 12.0 Å². The van der Waals surface area contributed by atoms with Gasteiger partial charge in [0.25, 0.3) is 0 Å². The zero-order valence-electron chi connectivity index (χ0n) is 13.8. The number of amides is 2. The minimum Gasteiger partial charge on any atom is -0.481 e. The summed E-state index contributed by atoms with van der Waals surface area (Å²) < 4.78 is 0. The molecule has 25 heavy (non-hydrogen) atoms. The number of carbonyl (C=O) groups is 2. The minimum absolute atomic E-state index is 0.109. The number of alkyl halides is 1. The van der Waals surface area contributed by atoms with Crippen LogP contribution in [0.2, 0.25) is 10.0 Å². The number of hydrogen-bond donors (Lipinski definition) is 3. The molecule has 0 aliphatic heterocycles. The first-order chi connectivity index (χ1) is 11.7. The first kappa shape index (κ1) is 20.1. The Hall–Kier alpha value is -1.17. The van der Waals surface area contributed by atoms with E-state index in [0.717, 1.165) is 19.3 Å². The van der Waals surface area contributed by atoms with Crippen molar-refractivity contribution in [2.45, 2.75) is 37.0 Å². The molecule has 1 fully saturated rings. The third-order valence-corrected chi connectivity index (χ3v) is 5.45. The van der Waals surface area contributed by atoms with Crippen molar-refractivity contribution in [2.24, 2.45) is 5.92 Å². The molecule has 1 saturated carbocycles. The van der Waals surface area contributed by atoms with E-state index >= 15 is 0 Å². The Balaban J connectivity index is 1.89. The molecule has 2 amide bonds. The van der Waals surface area contributed by atoms with Gasteiger partial charge in [-0.15, -0.1) is 11.6 Å². The monoisotopic (exact) mass is 406 g/mol. The predicted molar refractivity (Wildman–Crippen MR) is 99.8 cm³/mol. The molecule has 0 radical (unpaired) electrons. The van der Waals surface area contributed by atoms with Gasteiger partial charge in [0.1, 0.15) is 5.92 Å². The number of aliphatic carboxylic acids is 1. The molecule has 0 bridgehead atoms. The van der Waals surface area contributed by atoms with Gasteiger partial charge in [0.15, 0.2) is 0 Å². The summed E-state index contributed by atoms with van der Waals surface area (Å²) in [6.45, 7) is 2.40. The first-order valence-corrected chi connectivity index (χ1v) is 9.20. The van der Waals surface area contributed by atoms with Crippen molar-refractivity contribution < 1.29 is 14.7 Å². The van der Waals surface area contributed by atoms with Crippen LogP contribution in [0.5, 0.6) is 0 Å². The van der Waals surface area contributed by atoms with Gasteiger partial charge in [-0.2, -0.15) is 0 Å². The van der Waals surface area contributed by atoms with E-state index in [0.29, 0.717) is 18.0 Å². The largest absolute Gasteiger partial charge is 0.481 e. The normalized spacial score (nSPS) is 23.9. The maximum Gasteiger partial charge on any atom is 0.314 e. The molecule has 1 aromatic carbocycles. The molecule has 3 unspecified atom stereocenters. The maximum atomic E-state index is 12.0. The lowest BCUT2D eigenvalue weighted by molar-refractivity contribution is -0.138. The van der Waals surface area contributed by atoms with Crippen LogP contribution >= 0.6 is 34.8 Å². The van der Waals surface area contributed by atoms with Gasteiger partial charge in [0, 0.05) is 33.6 Å². The summed E-state index contributed by atoms with van der Waals surface area (Å²) >= 11 is 18.4.